The van der Waals surface area contributed by atoms with Crippen molar-refractivity contribution < 1.29 is 19.1 Å². The number of hydrogen-bond donors (Lipinski definition) is 1. The van der Waals surface area contributed by atoms with Gasteiger partial charge in [0.25, 0.3) is 0 Å². The minimum absolute atomic E-state index is 0.198. The van der Waals surface area contributed by atoms with Gasteiger partial charge >= 0.3 is 5.97 Å². The largest absolute Gasteiger partial charge is 0.465 e. The molecule has 2 saturated heterocycles. The maximum atomic E-state index is 13.5. The molecule has 6 nitrogen and oxygen atoms in total. The van der Waals surface area contributed by atoms with Gasteiger partial charge in [0.1, 0.15) is 5.54 Å². The van der Waals surface area contributed by atoms with Gasteiger partial charge in [-0.15, -0.1) is 0 Å². The van der Waals surface area contributed by atoms with Crippen molar-refractivity contribution in [3.63, 3.8) is 0 Å². The molecule has 4 rings (SSSR count). The number of rotatable bonds is 6. The molecule has 1 N–H and O–H groups in total. The highest BCUT2D eigenvalue weighted by Gasteiger charge is 2.68. The van der Waals surface area contributed by atoms with E-state index in [9.17, 15) is 14.4 Å². The molecule has 31 heavy (non-hydrogen) atoms. The van der Waals surface area contributed by atoms with Gasteiger partial charge in [0.2, 0.25) is 11.8 Å². The first-order chi connectivity index (χ1) is 14.9. The summed E-state index contributed by atoms with van der Waals surface area (Å²) in [4.78, 5) is 41.6. The summed E-state index contributed by atoms with van der Waals surface area (Å²) in [5.41, 5.74) is 1.53. The van der Waals surface area contributed by atoms with Crippen molar-refractivity contribution in [2.75, 3.05) is 13.2 Å². The highest BCUT2D eigenvalue weighted by molar-refractivity contribution is 6.09. The van der Waals surface area contributed by atoms with E-state index in [1.165, 1.54) is 4.90 Å². The lowest BCUT2D eigenvalue weighted by Crippen LogP contribution is -2.58. The normalized spacial score (nSPS) is 27.5. The Labute approximate surface area is 182 Å². The lowest BCUT2D eigenvalue weighted by Gasteiger charge is -2.33. The maximum absolute atomic E-state index is 13.5. The van der Waals surface area contributed by atoms with E-state index < -0.39 is 29.4 Å². The Hall–Kier alpha value is -2.99. The Morgan fingerprint density at radius 1 is 1.03 bits per heavy atom. The fourth-order valence-corrected chi connectivity index (χ4v) is 5.18. The standard InChI is InChI=1S/C25H28N2O4/c1-4-27-22(28)19-20(23(27)29)25(24(30)31-5-2,15-17-12-7-6-8-13-17)26-21(19)18-14-10-9-11-16(18)3/h6-14,19-21,26H,4-5,15H2,1-3H3/t19-,20-,21-,25-/m1/s1. The first-order valence-electron chi connectivity index (χ1n) is 10.8. The van der Waals surface area contributed by atoms with Crippen LogP contribution in [-0.4, -0.2) is 41.4 Å². The molecule has 2 aliphatic heterocycles. The second-order valence-electron chi connectivity index (χ2n) is 8.26. The predicted molar refractivity (Wildman–Crippen MR) is 116 cm³/mol. The highest BCUT2D eigenvalue weighted by atomic mass is 16.5. The van der Waals surface area contributed by atoms with Gasteiger partial charge in [-0.2, -0.15) is 0 Å². The van der Waals surface area contributed by atoms with Crippen LogP contribution in [0, 0.1) is 18.8 Å². The van der Waals surface area contributed by atoms with E-state index in [1.807, 2.05) is 61.5 Å². The molecule has 2 aliphatic rings. The van der Waals surface area contributed by atoms with Crippen LogP contribution in [0.5, 0.6) is 0 Å². The number of aryl methyl sites for hydroxylation is 1. The van der Waals surface area contributed by atoms with E-state index >= 15 is 0 Å². The number of ether oxygens (including phenoxy) is 1. The fraction of sp³-hybridized carbons (Fsp3) is 0.400. The third-order valence-electron chi connectivity index (χ3n) is 6.55. The molecule has 2 aromatic rings. The topological polar surface area (TPSA) is 75.7 Å². The first-order valence-corrected chi connectivity index (χ1v) is 10.8. The van der Waals surface area contributed by atoms with Gasteiger partial charge in [-0.25, -0.2) is 0 Å². The average Bonchev–Trinajstić information content (AvgIpc) is 3.23. The molecular formula is C25H28N2O4. The Bertz CT molecular complexity index is 1010. The third kappa shape index (κ3) is 3.35. The molecule has 2 fully saturated rings. The molecule has 0 saturated carbocycles. The SMILES string of the molecule is CCOC(=O)[C@]1(Cc2ccccc2)N[C@H](c2ccccc2C)[C@@H]2C(=O)N(CC)C(=O)[C@@H]21. The number of amides is 2. The number of carbonyl (C=O) groups is 3. The Kier molecular flexibility index (Phi) is 5.67. The van der Waals surface area contributed by atoms with Crippen molar-refractivity contribution in [3.8, 4) is 0 Å². The molecule has 6 heteroatoms. The molecule has 4 atom stereocenters. The van der Waals surface area contributed by atoms with Crippen LogP contribution >= 0.6 is 0 Å². The summed E-state index contributed by atoms with van der Waals surface area (Å²) in [6.45, 7) is 6.00. The lowest BCUT2D eigenvalue weighted by molar-refractivity contribution is -0.156. The molecule has 2 heterocycles. The minimum atomic E-state index is -1.31. The lowest BCUT2D eigenvalue weighted by atomic mass is 9.76. The minimum Gasteiger partial charge on any atom is -0.465 e. The van der Waals surface area contributed by atoms with Gasteiger partial charge in [-0.3, -0.25) is 24.6 Å². The number of fused-ring (bicyclic) bond motifs is 1. The van der Waals surface area contributed by atoms with Gasteiger partial charge < -0.3 is 4.74 Å². The van der Waals surface area contributed by atoms with Gasteiger partial charge in [0, 0.05) is 19.0 Å². The summed E-state index contributed by atoms with van der Waals surface area (Å²) in [7, 11) is 0. The average molecular weight is 421 g/mol. The van der Waals surface area contributed by atoms with Crippen LogP contribution in [0.3, 0.4) is 0 Å². The molecule has 0 radical (unpaired) electrons. The summed E-state index contributed by atoms with van der Waals surface area (Å²) in [5.74, 6) is -2.47. The quantitative estimate of drug-likeness (QED) is 0.575. The van der Waals surface area contributed by atoms with Crippen molar-refractivity contribution in [3.05, 3.63) is 71.3 Å². The summed E-state index contributed by atoms with van der Waals surface area (Å²) >= 11 is 0. The van der Waals surface area contributed by atoms with Crippen LogP contribution in [0.2, 0.25) is 0 Å². The molecule has 0 bridgehead atoms. The van der Waals surface area contributed by atoms with Crippen molar-refractivity contribution in [2.45, 2.75) is 38.8 Å². The third-order valence-corrected chi connectivity index (χ3v) is 6.55. The number of likely N-dealkylation sites (tertiary alicyclic amines) is 1. The molecule has 0 aromatic heterocycles. The Balaban J connectivity index is 1.89. The van der Waals surface area contributed by atoms with Gasteiger partial charge in [-0.05, 0) is 37.5 Å². The number of benzene rings is 2. The fourth-order valence-electron chi connectivity index (χ4n) is 5.18. The van der Waals surface area contributed by atoms with Gasteiger partial charge in [-0.1, -0.05) is 54.6 Å². The van der Waals surface area contributed by atoms with Crippen LogP contribution in [0.4, 0.5) is 0 Å². The van der Waals surface area contributed by atoms with Crippen molar-refractivity contribution >= 4 is 17.8 Å². The summed E-state index contributed by atoms with van der Waals surface area (Å²) in [6.07, 6.45) is 0.271. The number of hydrogen-bond acceptors (Lipinski definition) is 5. The number of nitrogens with one attached hydrogen (secondary N) is 1. The monoisotopic (exact) mass is 420 g/mol. The van der Waals surface area contributed by atoms with Gasteiger partial charge in [0.15, 0.2) is 0 Å². The van der Waals surface area contributed by atoms with Crippen LogP contribution in [0.25, 0.3) is 0 Å². The van der Waals surface area contributed by atoms with Crippen LogP contribution in [0.1, 0.15) is 36.6 Å². The second-order valence-corrected chi connectivity index (χ2v) is 8.26. The molecule has 0 aliphatic carbocycles. The zero-order valence-corrected chi connectivity index (χ0v) is 18.1. The number of nitrogens with zero attached hydrogens (tertiary/aromatic N) is 1. The highest BCUT2D eigenvalue weighted by Crippen LogP contribution is 2.50. The zero-order valence-electron chi connectivity index (χ0n) is 18.1. The van der Waals surface area contributed by atoms with Crippen LogP contribution < -0.4 is 5.32 Å². The number of imide groups is 1. The van der Waals surface area contributed by atoms with Crippen molar-refractivity contribution in [1.82, 2.24) is 10.2 Å². The van der Waals surface area contributed by atoms with E-state index in [0.717, 1.165) is 16.7 Å². The van der Waals surface area contributed by atoms with E-state index in [4.69, 9.17) is 4.74 Å². The molecular weight excluding hydrogens is 392 g/mol. The zero-order chi connectivity index (χ0) is 22.2. The van der Waals surface area contributed by atoms with Crippen LogP contribution in [0.15, 0.2) is 54.6 Å². The molecule has 2 aromatic carbocycles. The van der Waals surface area contributed by atoms with E-state index in [0.29, 0.717) is 0 Å². The number of carbonyl (C=O) groups excluding carboxylic acids is 3. The van der Waals surface area contributed by atoms with Crippen molar-refractivity contribution in [2.24, 2.45) is 11.8 Å². The molecule has 2 amide bonds. The molecule has 0 spiro atoms. The van der Waals surface area contributed by atoms with Gasteiger partial charge in [0.05, 0.1) is 18.4 Å². The molecule has 162 valence electrons. The maximum Gasteiger partial charge on any atom is 0.327 e. The summed E-state index contributed by atoms with van der Waals surface area (Å²) < 4.78 is 5.49. The van der Waals surface area contributed by atoms with E-state index in [1.54, 1.807) is 13.8 Å². The predicted octanol–water partition coefficient (Wildman–Crippen LogP) is 2.81. The number of esters is 1. The second kappa shape index (κ2) is 8.27. The van der Waals surface area contributed by atoms with E-state index in [2.05, 4.69) is 5.32 Å². The van der Waals surface area contributed by atoms with Crippen LogP contribution in [-0.2, 0) is 25.5 Å². The summed E-state index contributed by atoms with van der Waals surface area (Å²) in [6, 6.07) is 16.9. The smallest absolute Gasteiger partial charge is 0.327 e. The first kappa shape index (κ1) is 21.2. The van der Waals surface area contributed by atoms with Crippen molar-refractivity contribution in [1.29, 1.82) is 0 Å². The molecule has 0 unspecified atom stereocenters. The Morgan fingerprint density at radius 3 is 2.35 bits per heavy atom. The summed E-state index contributed by atoms with van der Waals surface area (Å²) in [5, 5.41) is 3.46. The van der Waals surface area contributed by atoms with E-state index in [-0.39, 0.29) is 31.4 Å². The Morgan fingerprint density at radius 2 is 1.71 bits per heavy atom.